The highest BCUT2D eigenvalue weighted by molar-refractivity contribution is 5.94. The number of pyridine rings is 1. The van der Waals surface area contributed by atoms with E-state index in [0.717, 1.165) is 24.3 Å². The molecule has 1 amide bonds. The standard InChI is InChI=1S/C21H24N4O3/c1-24-12-15(10-23-24)14-28-19-5-3-16-7-8-25(13-18(16)9-19)21(26)17-4-6-20(27-2)22-11-17/h3-6,9,11-12,23H,7-8,10,13-14H2,1-2H3. The van der Waals surface area contributed by atoms with Crippen molar-refractivity contribution in [3.05, 3.63) is 65.0 Å². The van der Waals surface area contributed by atoms with Gasteiger partial charge in [-0.1, -0.05) is 6.07 Å². The average Bonchev–Trinajstić information content (AvgIpc) is 3.16. The number of rotatable bonds is 5. The first-order chi connectivity index (χ1) is 13.6. The van der Waals surface area contributed by atoms with Crippen LogP contribution in [0.3, 0.4) is 0 Å². The fraction of sp³-hybridized carbons (Fsp3) is 0.333. The molecule has 1 aromatic heterocycles. The second-order valence-electron chi connectivity index (χ2n) is 7.02. The highest BCUT2D eigenvalue weighted by Crippen LogP contribution is 2.25. The summed E-state index contributed by atoms with van der Waals surface area (Å²) >= 11 is 0. The minimum Gasteiger partial charge on any atom is -0.489 e. The van der Waals surface area contributed by atoms with Crippen LogP contribution in [0.1, 0.15) is 21.5 Å². The van der Waals surface area contributed by atoms with Crippen molar-refractivity contribution in [1.82, 2.24) is 20.3 Å². The summed E-state index contributed by atoms with van der Waals surface area (Å²) in [7, 11) is 3.53. The van der Waals surface area contributed by atoms with Gasteiger partial charge in [0.1, 0.15) is 12.4 Å². The zero-order valence-corrected chi connectivity index (χ0v) is 16.1. The molecule has 7 nitrogen and oxygen atoms in total. The molecule has 0 radical (unpaired) electrons. The van der Waals surface area contributed by atoms with E-state index in [0.29, 0.717) is 31.1 Å². The van der Waals surface area contributed by atoms with E-state index < -0.39 is 0 Å². The van der Waals surface area contributed by atoms with E-state index in [1.54, 1.807) is 25.4 Å². The number of amides is 1. The lowest BCUT2D eigenvalue weighted by molar-refractivity contribution is 0.0734. The first kappa shape index (κ1) is 18.3. The first-order valence-corrected chi connectivity index (χ1v) is 9.32. The van der Waals surface area contributed by atoms with Gasteiger partial charge in [0.15, 0.2) is 0 Å². The number of hydrogen-bond acceptors (Lipinski definition) is 6. The molecule has 3 heterocycles. The predicted octanol–water partition coefficient (Wildman–Crippen LogP) is 2.00. The number of aromatic nitrogens is 1. The molecule has 7 heteroatoms. The summed E-state index contributed by atoms with van der Waals surface area (Å²) in [6.07, 6.45) is 4.45. The minimum atomic E-state index is -0.0163. The van der Waals surface area contributed by atoms with Gasteiger partial charge in [0, 0.05) is 45.1 Å². The summed E-state index contributed by atoms with van der Waals surface area (Å²) < 4.78 is 11.0. The third-order valence-electron chi connectivity index (χ3n) is 5.03. The molecule has 0 bridgehead atoms. The molecule has 2 aliphatic rings. The fourth-order valence-electron chi connectivity index (χ4n) is 3.46. The predicted molar refractivity (Wildman–Crippen MR) is 105 cm³/mol. The largest absolute Gasteiger partial charge is 0.489 e. The SMILES string of the molecule is COc1ccc(C(=O)N2CCc3ccc(OCC4=CN(C)NC4)cc3C2)cn1. The van der Waals surface area contributed by atoms with Gasteiger partial charge in [0.2, 0.25) is 5.88 Å². The summed E-state index contributed by atoms with van der Waals surface area (Å²) in [5.41, 5.74) is 7.37. The second kappa shape index (κ2) is 7.90. The minimum absolute atomic E-state index is 0.0163. The van der Waals surface area contributed by atoms with Crippen LogP contribution in [-0.2, 0) is 13.0 Å². The van der Waals surface area contributed by atoms with E-state index in [9.17, 15) is 4.79 Å². The lowest BCUT2D eigenvalue weighted by Gasteiger charge is -2.29. The van der Waals surface area contributed by atoms with Crippen molar-refractivity contribution >= 4 is 5.91 Å². The lowest BCUT2D eigenvalue weighted by Crippen LogP contribution is -2.36. The number of hydrazine groups is 1. The molecule has 4 rings (SSSR count). The molecule has 0 fully saturated rings. The van der Waals surface area contributed by atoms with E-state index >= 15 is 0 Å². The fourth-order valence-corrected chi connectivity index (χ4v) is 3.46. The Morgan fingerprint density at radius 2 is 2.14 bits per heavy atom. The Labute approximate surface area is 164 Å². The molecule has 0 atom stereocenters. The molecular formula is C21H24N4O3. The highest BCUT2D eigenvalue weighted by atomic mass is 16.5. The van der Waals surface area contributed by atoms with Crippen LogP contribution in [0.2, 0.25) is 0 Å². The Kier molecular flexibility index (Phi) is 5.16. The smallest absolute Gasteiger partial charge is 0.255 e. The highest BCUT2D eigenvalue weighted by Gasteiger charge is 2.22. The van der Waals surface area contributed by atoms with E-state index in [1.807, 2.05) is 35.3 Å². The van der Waals surface area contributed by atoms with Crippen molar-refractivity contribution in [3.8, 4) is 11.6 Å². The molecule has 28 heavy (non-hydrogen) atoms. The topological polar surface area (TPSA) is 66.9 Å². The van der Waals surface area contributed by atoms with E-state index in [4.69, 9.17) is 9.47 Å². The maximum Gasteiger partial charge on any atom is 0.255 e. The molecule has 146 valence electrons. The van der Waals surface area contributed by atoms with Crippen molar-refractivity contribution in [2.45, 2.75) is 13.0 Å². The molecule has 0 aliphatic carbocycles. The van der Waals surface area contributed by atoms with Crippen molar-refractivity contribution in [3.63, 3.8) is 0 Å². The first-order valence-electron chi connectivity index (χ1n) is 9.32. The average molecular weight is 380 g/mol. The quantitative estimate of drug-likeness (QED) is 0.856. The number of nitrogens with zero attached hydrogens (tertiary/aromatic N) is 3. The number of carbonyl (C=O) groups excluding carboxylic acids is 1. The Morgan fingerprint density at radius 1 is 1.25 bits per heavy atom. The van der Waals surface area contributed by atoms with Gasteiger partial charge in [-0.15, -0.1) is 0 Å². The van der Waals surface area contributed by atoms with Gasteiger partial charge >= 0.3 is 0 Å². The molecule has 0 unspecified atom stereocenters. The molecule has 0 spiro atoms. The summed E-state index contributed by atoms with van der Waals surface area (Å²) in [6, 6.07) is 9.63. The van der Waals surface area contributed by atoms with Gasteiger partial charge in [-0.2, -0.15) is 0 Å². The zero-order valence-electron chi connectivity index (χ0n) is 16.1. The number of hydrogen-bond donors (Lipinski definition) is 1. The summed E-state index contributed by atoms with van der Waals surface area (Å²) in [5, 5.41) is 1.93. The van der Waals surface area contributed by atoms with Gasteiger partial charge in [0.25, 0.3) is 5.91 Å². The van der Waals surface area contributed by atoms with Crippen molar-refractivity contribution in [2.75, 3.05) is 33.9 Å². The number of methoxy groups -OCH3 is 1. The molecule has 0 saturated heterocycles. The van der Waals surface area contributed by atoms with Gasteiger partial charge < -0.3 is 19.4 Å². The van der Waals surface area contributed by atoms with Crippen LogP contribution in [0.5, 0.6) is 11.6 Å². The van der Waals surface area contributed by atoms with Gasteiger partial charge in [-0.05, 0) is 41.3 Å². The number of benzene rings is 1. The maximum atomic E-state index is 12.8. The molecule has 2 aliphatic heterocycles. The van der Waals surface area contributed by atoms with Crippen LogP contribution in [-0.4, -0.2) is 54.7 Å². The summed E-state index contributed by atoms with van der Waals surface area (Å²) in [4.78, 5) is 18.8. The third-order valence-corrected chi connectivity index (χ3v) is 5.03. The van der Waals surface area contributed by atoms with E-state index in [2.05, 4.69) is 16.5 Å². The Balaban J connectivity index is 1.43. The normalized spacial score (nSPS) is 15.9. The molecule has 1 aromatic carbocycles. The summed E-state index contributed by atoms with van der Waals surface area (Å²) in [6.45, 7) is 2.63. The monoisotopic (exact) mass is 380 g/mol. The summed E-state index contributed by atoms with van der Waals surface area (Å²) in [5.74, 6) is 1.31. The van der Waals surface area contributed by atoms with Crippen LogP contribution in [0.4, 0.5) is 0 Å². The van der Waals surface area contributed by atoms with Crippen LogP contribution in [0, 0.1) is 0 Å². The van der Waals surface area contributed by atoms with Crippen LogP contribution in [0.15, 0.2) is 48.3 Å². The van der Waals surface area contributed by atoms with Crippen LogP contribution < -0.4 is 14.9 Å². The Hall–Kier alpha value is -3.06. The van der Waals surface area contributed by atoms with Crippen LogP contribution in [0.25, 0.3) is 0 Å². The second-order valence-corrected chi connectivity index (χ2v) is 7.02. The molecule has 2 aromatic rings. The Morgan fingerprint density at radius 3 is 2.86 bits per heavy atom. The molecule has 0 saturated carbocycles. The van der Waals surface area contributed by atoms with Crippen LogP contribution >= 0.6 is 0 Å². The van der Waals surface area contributed by atoms with Gasteiger partial charge in [0.05, 0.1) is 12.7 Å². The van der Waals surface area contributed by atoms with Gasteiger partial charge in [-0.25, -0.2) is 10.4 Å². The lowest BCUT2D eigenvalue weighted by atomic mass is 9.99. The third kappa shape index (κ3) is 3.94. The Bertz CT molecular complexity index is 895. The molecular weight excluding hydrogens is 356 g/mol. The van der Waals surface area contributed by atoms with Crippen molar-refractivity contribution in [2.24, 2.45) is 0 Å². The zero-order chi connectivity index (χ0) is 19.5. The van der Waals surface area contributed by atoms with Crippen molar-refractivity contribution in [1.29, 1.82) is 0 Å². The van der Waals surface area contributed by atoms with E-state index in [-0.39, 0.29) is 5.91 Å². The number of nitrogens with one attached hydrogen (secondary N) is 1. The van der Waals surface area contributed by atoms with E-state index in [1.165, 1.54) is 11.1 Å². The number of carbonyl (C=O) groups is 1. The number of fused-ring (bicyclic) bond motifs is 1. The maximum absolute atomic E-state index is 12.8. The molecule has 1 N–H and O–H groups in total. The number of ether oxygens (including phenoxy) is 2. The van der Waals surface area contributed by atoms with Gasteiger partial charge in [-0.3, -0.25) is 4.79 Å². The van der Waals surface area contributed by atoms with Crippen molar-refractivity contribution < 1.29 is 14.3 Å².